The predicted octanol–water partition coefficient (Wildman–Crippen LogP) is 4.36. The van der Waals surface area contributed by atoms with Gasteiger partial charge in [0.25, 0.3) is 5.91 Å². The molecular formula is C20H17ClN4O2S. The van der Waals surface area contributed by atoms with E-state index in [1.165, 1.54) is 0 Å². The first-order valence-electron chi connectivity index (χ1n) is 9.03. The van der Waals surface area contributed by atoms with Gasteiger partial charge in [0, 0.05) is 37.1 Å². The fraction of sp³-hybridized carbons (Fsp3) is 0.250. The predicted molar refractivity (Wildman–Crippen MR) is 111 cm³/mol. The van der Waals surface area contributed by atoms with E-state index in [2.05, 4.69) is 14.9 Å². The van der Waals surface area contributed by atoms with Crippen molar-refractivity contribution in [2.45, 2.75) is 6.92 Å². The third-order valence-electron chi connectivity index (χ3n) is 5.22. The Balaban J connectivity index is 1.37. The fourth-order valence-corrected chi connectivity index (χ4v) is 4.65. The number of nitrogens with zero attached hydrogens (tertiary/aromatic N) is 4. The molecule has 1 fully saturated rings. The summed E-state index contributed by atoms with van der Waals surface area (Å²) in [5, 5.41) is 4.50. The van der Waals surface area contributed by atoms with Gasteiger partial charge in [-0.1, -0.05) is 23.7 Å². The number of aromatic nitrogens is 2. The Bertz CT molecular complexity index is 1190. The van der Waals surface area contributed by atoms with Crippen LogP contribution in [0.15, 0.2) is 40.4 Å². The third kappa shape index (κ3) is 2.73. The van der Waals surface area contributed by atoms with Crippen LogP contribution in [0.2, 0.25) is 5.02 Å². The van der Waals surface area contributed by atoms with Crippen molar-refractivity contribution in [2.24, 2.45) is 0 Å². The lowest BCUT2D eigenvalue weighted by Crippen LogP contribution is -2.49. The standard InChI is InChI=1S/C20H17ClN4O2S/c1-12-13-3-2-4-15(21)17(13)27-16(12)20(26)25-8-6-24(7-9-25)18-14-5-10-28-19(14)23-11-22-18/h2-5,10-11H,6-9H2,1H3. The van der Waals surface area contributed by atoms with Crippen molar-refractivity contribution in [3.63, 3.8) is 0 Å². The number of hydrogen-bond donors (Lipinski definition) is 0. The number of benzene rings is 1. The molecule has 8 heteroatoms. The molecule has 1 aromatic carbocycles. The Hall–Kier alpha value is -2.64. The van der Waals surface area contributed by atoms with Crippen molar-refractivity contribution in [3.8, 4) is 0 Å². The summed E-state index contributed by atoms with van der Waals surface area (Å²) in [4.78, 5) is 26.9. The number of fused-ring (bicyclic) bond motifs is 2. The van der Waals surface area contributed by atoms with Crippen molar-refractivity contribution in [2.75, 3.05) is 31.1 Å². The Morgan fingerprint density at radius 1 is 1.14 bits per heavy atom. The van der Waals surface area contributed by atoms with Crippen molar-refractivity contribution in [1.29, 1.82) is 0 Å². The topological polar surface area (TPSA) is 62.5 Å². The fourth-order valence-electron chi connectivity index (χ4n) is 3.71. The van der Waals surface area contributed by atoms with Gasteiger partial charge in [-0.3, -0.25) is 4.79 Å². The van der Waals surface area contributed by atoms with Crippen molar-refractivity contribution in [3.05, 3.63) is 52.3 Å². The summed E-state index contributed by atoms with van der Waals surface area (Å²) < 4.78 is 5.85. The molecule has 4 aromatic rings. The molecule has 5 rings (SSSR count). The van der Waals surface area contributed by atoms with Crippen molar-refractivity contribution >= 4 is 55.8 Å². The molecule has 0 N–H and O–H groups in total. The number of anilines is 1. The Kier molecular flexibility index (Phi) is 4.21. The van der Waals surface area contributed by atoms with E-state index < -0.39 is 0 Å². The third-order valence-corrected chi connectivity index (χ3v) is 6.34. The van der Waals surface area contributed by atoms with Crippen LogP contribution in [0.5, 0.6) is 0 Å². The Morgan fingerprint density at radius 3 is 2.75 bits per heavy atom. The highest BCUT2D eigenvalue weighted by atomic mass is 35.5. The van der Waals surface area contributed by atoms with Gasteiger partial charge in [0.05, 0.1) is 10.4 Å². The van der Waals surface area contributed by atoms with E-state index in [1.807, 2.05) is 35.4 Å². The highest BCUT2D eigenvalue weighted by Gasteiger charge is 2.28. The van der Waals surface area contributed by atoms with Crippen LogP contribution in [0.1, 0.15) is 16.1 Å². The van der Waals surface area contributed by atoms with Crippen LogP contribution in [0.4, 0.5) is 5.82 Å². The van der Waals surface area contributed by atoms with Gasteiger partial charge in [-0.15, -0.1) is 11.3 Å². The van der Waals surface area contributed by atoms with Crippen LogP contribution in [0, 0.1) is 6.92 Å². The maximum atomic E-state index is 13.1. The maximum Gasteiger partial charge on any atom is 0.290 e. The van der Waals surface area contributed by atoms with E-state index in [4.69, 9.17) is 16.0 Å². The van der Waals surface area contributed by atoms with E-state index in [-0.39, 0.29) is 5.91 Å². The Labute approximate surface area is 170 Å². The van der Waals surface area contributed by atoms with E-state index in [9.17, 15) is 4.79 Å². The quantitative estimate of drug-likeness (QED) is 0.489. The molecule has 28 heavy (non-hydrogen) atoms. The lowest BCUT2D eigenvalue weighted by molar-refractivity contribution is 0.0716. The van der Waals surface area contributed by atoms with Gasteiger partial charge in [-0.25, -0.2) is 9.97 Å². The normalized spacial score (nSPS) is 14.9. The van der Waals surface area contributed by atoms with Crippen LogP contribution in [0.25, 0.3) is 21.2 Å². The number of thiophene rings is 1. The van der Waals surface area contributed by atoms with Crippen molar-refractivity contribution < 1.29 is 9.21 Å². The molecule has 1 saturated heterocycles. The molecule has 142 valence electrons. The summed E-state index contributed by atoms with van der Waals surface area (Å²) in [5.41, 5.74) is 1.41. The first-order chi connectivity index (χ1) is 13.6. The van der Waals surface area contributed by atoms with E-state index >= 15 is 0 Å². The molecular weight excluding hydrogens is 396 g/mol. The molecule has 0 unspecified atom stereocenters. The number of hydrogen-bond acceptors (Lipinski definition) is 6. The summed E-state index contributed by atoms with van der Waals surface area (Å²) in [6.45, 7) is 4.55. The molecule has 1 aliphatic rings. The number of halogens is 1. The zero-order valence-electron chi connectivity index (χ0n) is 15.2. The number of carbonyl (C=O) groups excluding carboxylic acids is 1. The molecule has 6 nitrogen and oxygen atoms in total. The molecule has 0 saturated carbocycles. The first kappa shape index (κ1) is 17.5. The smallest absolute Gasteiger partial charge is 0.290 e. The van der Waals surface area contributed by atoms with Gasteiger partial charge in [0.2, 0.25) is 0 Å². The first-order valence-corrected chi connectivity index (χ1v) is 10.3. The summed E-state index contributed by atoms with van der Waals surface area (Å²) in [6, 6.07) is 7.62. The van der Waals surface area contributed by atoms with Crippen LogP contribution in [-0.2, 0) is 0 Å². The van der Waals surface area contributed by atoms with Crippen LogP contribution >= 0.6 is 22.9 Å². The Morgan fingerprint density at radius 2 is 1.96 bits per heavy atom. The second kappa shape index (κ2) is 6.76. The number of furan rings is 1. The second-order valence-electron chi connectivity index (χ2n) is 6.79. The maximum absolute atomic E-state index is 13.1. The minimum Gasteiger partial charge on any atom is -0.449 e. The van der Waals surface area contributed by atoms with Gasteiger partial charge in [0.1, 0.15) is 17.0 Å². The summed E-state index contributed by atoms with van der Waals surface area (Å²) in [7, 11) is 0. The molecule has 0 bridgehead atoms. The second-order valence-corrected chi connectivity index (χ2v) is 8.09. The van der Waals surface area contributed by atoms with E-state index in [0.29, 0.717) is 42.5 Å². The molecule has 4 heterocycles. The average Bonchev–Trinajstić information content (AvgIpc) is 3.33. The van der Waals surface area contributed by atoms with E-state index in [1.54, 1.807) is 23.7 Å². The zero-order chi connectivity index (χ0) is 19.3. The minimum atomic E-state index is -0.0900. The SMILES string of the molecule is Cc1c(C(=O)N2CCN(c3ncnc4sccc34)CC2)oc2c(Cl)cccc12. The molecule has 0 spiro atoms. The summed E-state index contributed by atoms with van der Waals surface area (Å²) >= 11 is 7.83. The van der Waals surface area contributed by atoms with Crippen LogP contribution < -0.4 is 4.90 Å². The number of carbonyl (C=O) groups is 1. The number of para-hydroxylation sites is 1. The number of rotatable bonds is 2. The molecule has 3 aromatic heterocycles. The van der Waals surface area contributed by atoms with Crippen molar-refractivity contribution in [1.82, 2.24) is 14.9 Å². The largest absolute Gasteiger partial charge is 0.449 e. The van der Waals surface area contributed by atoms with Gasteiger partial charge in [-0.05, 0) is 24.4 Å². The molecule has 1 amide bonds. The molecule has 1 aliphatic heterocycles. The van der Waals surface area contributed by atoms with Gasteiger partial charge in [-0.2, -0.15) is 0 Å². The summed E-state index contributed by atoms with van der Waals surface area (Å²) in [5.74, 6) is 1.22. The van der Waals surface area contributed by atoms with Gasteiger partial charge < -0.3 is 14.2 Å². The highest BCUT2D eigenvalue weighted by molar-refractivity contribution is 7.16. The van der Waals surface area contributed by atoms with Crippen LogP contribution in [-0.4, -0.2) is 47.0 Å². The van der Waals surface area contributed by atoms with Gasteiger partial charge in [0.15, 0.2) is 11.3 Å². The zero-order valence-corrected chi connectivity index (χ0v) is 16.8. The molecule has 0 radical (unpaired) electrons. The van der Waals surface area contributed by atoms with Crippen LogP contribution in [0.3, 0.4) is 0 Å². The number of piperazine rings is 1. The molecule has 0 atom stereocenters. The monoisotopic (exact) mass is 412 g/mol. The lowest BCUT2D eigenvalue weighted by Gasteiger charge is -2.35. The number of aryl methyl sites for hydroxylation is 1. The van der Waals surface area contributed by atoms with E-state index in [0.717, 1.165) is 27.0 Å². The summed E-state index contributed by atoms with van der Waals surface area (Å²) in [6.07, 6.45) is 1.60. The highest BCUT2D eigenvalue weighted by Crippen LogP contribution is 2.32. The van der Waals surface area contributed by atoms with Gasteiger partial charge >= 0.3 is 0 Å². The average molecular weight is 413 g/mol. The number of amides is 1. The minimum absolute atomic E-state index is 0.0900. The lowest BCUT2D eigenvalue weighted by atomic mass is 10.1. The molecule has 0 aliphatic carbocycles.